The van der Waals surface area contributed by atoms with Gasteiger partial charge in [0, 0.05) is 9.80 Å². The lowest BCUT2D eigenvalue weighted by molar-refractivity contribution is 1.17. The second-order valence-electron chi connectivity index (χ2n) is 0.935. The van der Waals surface area contributed by atoms with Crippen LogP contribution in [0, 0.1) is 0 Å². The first-order valence-corrected chi connectivity index (χ1v) is 3.25. The van der Waals surface area contributed by atoms with Crippen LogP contribution >= 0.6 is 34.2 Å². The van der Waals surface area contributed by atoms with Crippen LogP contribution in [-0.2, 0) is 0 Å². The Hall–Kier alpha value is 1.02. The lowest BCUT2D eigenvalue weighted by Gasteiger charge is -1.86. The summed E-state index contributed by atoms with van der Waals surface area (Å²) in [4.78, 5) is 0. The third kappa shape index (κ3) is 5.02. The molecule has 1 unspecified atom stereocenters. The molecule has 32 valence electrons. The highest BCUT2D eigenvalue weighted by Crippen LogP contribution is 1.98. The number of rotatable bonds is 1. The summed E-state index contributed by atoms with van der Waals surface area (Å²) in [5.74, 6) is 0.764. The minimum absolute atomic E-state index is 0.620. The highest BCUT2D eigenvalue weighted by atomic mass is 127. The molecule has 0 rings (SSSR count). The van der Waals surface area contributed by atoms with E-state index in [2.05, 4.69) is 29.5 Å². The number of hydrogen-bond acceptors (Lipinski definition) is 0. The first-order valence-electron chi connectivity index (χ1n) is 1.47. The molecule has 1 atom stereocenters. The van der Waals surface area contributed by atoms with E-state index in [1.807, 2.05) is 0 Å². The van der Waals surface area contributed by atoms with E-state index in [0.29, 0.717) is 3.92 Å². The minimum Gasteiger partial charge on any atom is -0.126 e. The van der Waals surface area contributed by atoms with Gasteiger partial charge in [-0.05, 0) is 0 Å². The summed E-state index contributed by atoms with van der Waals surface area (Å²) in [5, 5.41) is 0. The maximum atomic E-state index is 5.33. The van der Waals surface area contributed by atoms with Crippen molar-refractivity contribution in [3.63, 3.8) is 0 Å². The van der Waals surface area contributed by atoms with Crippen LogP contribution in [-0.4, -0.2) is 9.80 Å². The van der Waals surface area contributed by atoms with Gasteiger partial charge in [0.25, 0.3) is 0 Å². The quantitative estimate of drug-likeness (QED) is 0.453. The molecule has 0 aromatic rings. The second kappa shape index (κ2) is 3.22. The second-order valence-corrected chi connectivity index (χ2v) is 3.37. The maximum Gasteiger partial charge on any atom is 0.0338 e. The molecular formula is C3H6ClI. The summed E-state index contributed by atoms with van der Waals surface area (Å²) in [7, 11) is 0. The predicted molar refractivity (Wildman–Crippen MR) is 34.2 cm³/mol. The standard InChI is InChI=1S/C3H6ClI/c1-3(5)2-4/h3H,2H2,1H3. The van der Waals surface area contributed by atoms with Gasteiger partial charge in [0.15, 0.2) is 0 Å². The van der Waals surface area contributed by atoms with Crippen LogP contribution in [0.1, 0.15) is 6.92 Å². The molecule has 0 aromatic carbocycles. The summed E-state index contributed by atoms with van der Waals surface area (Å²) < 4.78 is 0.620. The molecule has 0 amide bonds. The molecule has 0 aliphatic carbocycles. The minimum atomic E-state index is 0.620. The average molecular weight is 204 g/mol. The molecule has 0 radical (unpaired) electrons. The highest BCUT2D eigenvalue weighted by molar-refractivity contribution is 14.1. The van der Waals surface area contributed by atoms with Crippen molar-refractivity contribution in [2.75, 3.05) is 5.88 Å². The zero-order valence-corrected chi connectivity index (χ0v) is 5.95. The smallest absolute Gasteiger partial charge is 0.0338 e. The molecule has 0 spiro atoms. The van der Waals surface area contributed by atoms with Crippen molar-refractivity contribution in [2.45, 2.75) is 10.8 Å². The van der Waals surface area contributed by atoms with Crippen molar-refractivity contribution in [1.29, 1.82) is 0 Å². The first-order chi connectivity index (χ1) is 2.27. The third-order valence-electron chi connectivity index (χ3n) is 0.213. The molecule has 5 heavy (non-hydrogen) atoms. The molecule has 0 bridgehead atoms. The van der Waals surface area contributed by atoms with E-state index in [0.717, 1.165) is 5.88 Å². The number of halogens is 2. The molecule has 0 saturated heterocycles. The number of alkyl halides is 2. The Morgan fingerprint density at radius 1 is 2.00 bits per heavy atom. The fourth-order valence-corrected chi connectivity index (χ4v) is 0. The fraction of sp³-hybridized carbons (Fsp3) is 1.00. The van der Waals surface area contributed by atoms with E-state index in [9.17, 15) is 0 Å². The zero-order chi connectivity index (χ0) is 4.28. The van der Waals surface area contributed by atoms with Gasteiger partial charge in [0.2, 0.25) is 0 Å². The molecule has 0 aliphatic heterocycles. The van der Waals surface area contributed by atoms with Crippen LogP contribution in [0.2, 0.25) is 0 Å². The number of hydrogen-bond donors (Lipinski definition) is 0. The third-order valence-corrected chi connectivity index (χ3v) is 1.64. The van der Waals surface area contributed by atoms with Gasteiger partial charge in [-0.1, -0.05) is 29.5 Å². The van der Waals surface area contributed by atoms with Gasteiger partial charge >= 0.3 is 0 Å². The van der Waals surface area contributed by atoms with Gasteiger partial charge < -0.3 is 0 Å². The Balaban J connectivity index is 2.54. The largest absolute Gasteiger partial charge is 0.126 e. The van der Waals surface area contributed by atoms with E-state index < -0.39 is 0 Å². The van der Waals surface area contributed by atoms with Crippen molar-refractivity contribution in [3.05, 3.63) is 0 Å². The average Bonchev–Trinajstić information content (AvgIpc) is 1.38. The van der Waals surface area contributed by atoms with Gasteiger partial charge in [-0.15, -0.1) is 11.6 Å². The van der Waals surface area contributed by atoms with Crippen LogP contribution in [0.4, 0.5) is 0 Å². The van der Waals surface area contributed by atoms with Crippen LogP contribution < -0.4 is 0 Å². The Labute approximate surface area is 51.0 Å². The topological polar surface area (TPSA) is 0 Å². The Morgan fingerprint density at radius 2 is 2.20 bits per heavy atom. The van der Waals surface area contributed by atoms with Crippen molar-refractivity contribution in [1.82, 2.24) is 0 Å². The molecule has 0 fully saturated rings. The van der Waals surface area contributed by atoms with E-state index >= 15 is 0 Å². The molecule has 0 N–H and O–H groups in total. The van der Waals surface area contributed by atoms with E-state index in [1.54, 1.807) is 0 Å². The highest BCUT2D eigenvalue weighted by Gasteiger charge is 1.84. The van der Waals surface area contributed by atoms with E-state index in [1.165, 1.54) is 0 Å². The van der Waals surface area contributed by atoms with Gasteiger partial charge in [-0.25, -0.2) is 0 Å². The summed E-state index contributed by atoms with van der Waals surface area (Å²) in [6.07, 6.45) is 0. The fourth-order valence-electron chi connectivity index (χ4n) is 0. The first kappa shape index (κ1) is 6.02. The summed E-state index contributed by atoms with van der Waals surface area (Å²) in [6, 6.07) is 0. The molecule has 2 heteroatoms. The monoisotopic (exact) mass is 204 g/mol. The van der Waals surface area contributed by atoms with Gasteiger partial charge in [-0.3, -0.25) is 0 Å². The van der Waals surface area contributed by atoms with Crippen LogP contribution in [0.15, 0.2) is 0 Å². The SMILES string of the molecule is CC(I)CCl. The van der Waals surface area contributed by atoms with Gasteiger partial charge in [0.05, 0.1) is 0 Å². The van der Waals surface area contributed by atoms with Crippen LogP contribution in [0.3, 0.4) is 0 Å². The van der Waals surface area contributed by atoms with Crippen LogP contribution in [0.5, 0.6) is 0 Å². The predicted octanol–water partition coefficient (Wildman–Crippen LogP) is 2.05. The lowest BCUT2D eigenvalue weighted by Crippen LogP contribution is -1.86. The van der Waals surface area contributed by atoms with Crippen molar-refractivity contribution < 1.29 is 0 Å². The Kier molecular flexibility index (Phi) is 3.88. The zero-order valence-electron chi connectivity index (χ0n) is 3.04. The van der Waals surface area contributed by atoms with Gasteiger partial charge in [0.1, 0.15) is 0 Å². The lowest BCUT2D eigenvalue weighted by atomic mass is 10.6. The maximum absolute atomic E-state index is 5.33. The molecule has 0 saturated carbocycles. The summed E-state index contributed by atoms with van der Waals surface area (Å²) in [5.41, 5.74) is 0. The van der Waals surface area contributed by atoms with Crippen molar-refractivity contribution in [3.8, 4) is 0 Å². The van der Waals surface area contributed by atoms with E-state index in [4.69, 9.17) is 11.6 Å². The van der Waals surface area contributed by atoms with E-state index in [-0.39, 0.29) is 0 Å². The van der Waals surface area contributed by atoms with Gasteiger partial charge in [-0.2, -0.15) is 0 Å². The summed E-state index contributed by atoms with van der Waals surface area (Å²) in [6.45, 7) is 2.08. The molecular weight excluding hydrogens is 198 g/mol. The summed E-state index contributed by atoms with van der Waals surface area (Å²) >= 11 is 7.60. The van der Waals surface area contributed by atoms with Crippen molar-refractivity contribution in [2.24, 2.45) is 0 Å². The normalized spacial score (nSPS) is 15.0. The molecule has 0 aromatic heterocycles. The van der Waals surface area contributed by atoms with Crippen LogP contribution in [0.25, 0.3) is 0 Å². The molecule has 0 aliphatic rings. The molecule has 0 heterocycles. The Morgan fingerprint density at radius 3 is 2.20 bits per heavy atom. The Bertz CT molecular complexity index is 20.9. The van der Waals surface area contributed by atoms with Crippen molar-refractivity contribution >= 4 is 34.2 Å². The molecule has 0 nitrogen and oxygen atoms in total.